The summed E-state index contributed by atoms with van der Waals surface area (Å²) < 4.78 is 5.70. The molecule has 3 heteroatoms. The molecule has 2 N–H and O–H groups in total. The molecule has 1 aliphatic heterocycles. The summed E-state index contributed by atoms with van der Waals surface area (Å²) in [5.74, 6) is 1.53. The molecule has 0 bridgehead atoms. The highest BCUT2D eigenvalue weighted by atomic mass is 16.5. The van der Waals surface area contributed by atoms with E-state index in [9.17, 15) is 0 Å². The zero-order chi connectivity index (χ0) is 13.9. The first-order chi connectivity index (χ1) is 8.96. The molecule has 0 saturated heterocycles. The van der Waals surface area contributed by atoms with Crippen LogP contribution in [0.25, 0.3) is 0 Å². The number of rotatable bonds is 5. The van der Waals surface area contributed by atoms with E-state index in [4.69, 9.17) is 4.74 Å². The van der Waals surface area contributed by atoms with E-state index < -0.39 is 0 Å². The molecule has 3 nitrogen and oxygen atoms in total. The van der Waals surface area contributed by atoms with Crippen molar-refractivity contribution in [3.63, 3.8) is 0 Å². The summed E-state index contributed by atoms with van der Waals surface area (Å²) in [5.41, 5.74) is 1.52. The van der Waals surface area contributed by atoms with Crippen LogP contribution in [0.1, 0.15) is 39.2 Å². The van der Waals surface area contributed by atoms with Crippen molar-refractivity contribution in [3.8, 4) is 5.75 Å². The summed E-state index contributed by atoms with van der Waals surface area (Å²) in [4.78, 5) is 0. The molecule has 0 aromatic heterocycles. The van der Waals surface area contributed by atoms with Crippen molar-refractivity contribution in [1.82, 2.24) is 10.6 Å². The number of hydrogen-bond donors (Lipinski definition) is 2. The second kappa shape index (κ2) is 5.93. The molecule has 1 heterocycles. The van der Waals surface area contributed by atoms with Crippen LogP contribution in [0.2, 0.25) is 0 Å². The van der Waals surface area contributed by atoms with E-state index in [1.54, 1.807) is 0 Å². The van der Waals surface area contributed by atoms with E-state index in [-0.39, 0.29) is 5.54 Å². The fraction of sp³-hybridized carbons (Fsp3) is 0.625. The molecular formula is C16H26N2O. The Hall–Kier alpha value is -1.06. The molecule has 2 rings (SSSR count). The predicted octanol–water partition coefficient (Wildman–Crippen LogP) is 2.53. The highest BCUT2D eigenvalue weighted by molar-refractivity contribution is 5.39. The molecule has 1 aromatic carbocycles. The Morgan fingerprint density at radius 2 is 2.05 bits per heavy atom. The van der Waals surface area contributed by atoms with Crippen LogP contribution in [-0.4, -0.2) is 31.3 Å². The Labute approximate surface area is 116 Å². The summed E-state index contributed by atoms with van der Waals surface area (Å²) in [6, 6.07) is 8.81. The lowest BCUT2D eigenvalue weighted by Gasteiger charge is -2.24. The van der Waals surface area contributed by atoms with E-state index in [1.165, 1.54) is 5.56 Å². The normalized spacial score (nSPS) is 19.9. The second-order valence-electron chi connectivity index (χ2n) is 6.49. The van der Waals surface area contributed by atoms with Gasteiger partial charge in [0.05, 0.1) is 6.61 Å². The van der Waals surface area contributed by atoms with E-state index in [0.717, 1.165) is 25.4 Å². The van der Waals surface area contributed by atoms with Gasteiger partial charge in [-0.2, -0.15) is 0 Å². The van der Waals surface area contributed by atoms with Gasteiger partial charge in [-0.15, -0.1) is 0 Å². The molecule has 19 heavy (non-hydrogen) atoms. The van der Waals surface area contributed by atoms with E-state index in [1.807, 2.05) is 6.07 Å². The number of benzene rings is 1. The van der Waals surface area contributed by atoms with Gasteiger partial charge in [0, 0.05) is 36.2 Å². The summed E-state index contributed by atoms with van der Waals surface area (Å²) in [6.45, 7) is 11.6. The van der Waals surface area contributed by atoms with Crippen LogP contribution in [0.3, 0.4) is 0 Å². The lowest BCUT2D eigenvalue weighted by molar-refractivity contribution is 0.318. The number of para-hydroxylation sites is 1. The van der Waals surface area contributed by atoms with Crippen LogP contribution in [0.15, 0.2) is 24.3 Å². The molecule has 106 valence electrons. The number of fused-ring (bicyclic) bond motifs is 1. The van der Waals surface area contributed by atoms with Gasteiger partial charge in [-0.25, -0.2) is 0 Å². The SMILES string of the molecule is CC(CNC(C)(C)C)NCC1COc2ccccc21. The third kappa shape index (κ3) is 4.22. The van der Waals surface area contributed by atoms with Crippen molar-refractivity contribution in [2.45, 2.75) is 45.2 Å². The Morgan fingerprint density at radius 3 is 2.79 bits per heavy atom. The minimum atomic E-state index is 0.180. The zero-order valence-corrected chi connectivity index (χ0v) is 12.5. The molecule has 1 aliphatic rings. The lowest BCUT2D eigenvalue weighted by atomic mass is 10.0. The molecule has 0 fully saturated rings. The first kappa shape index (κ1) is 14.4. The van der Waals surface area contributed by atoms with Crippen LogP contribution < -0.4 is 15.4 Å². The maximum Gasteiger partial charge on any atom is 0.122 e. The predicted molar refractivity (Wildman–Crippen MR) is 79.9 cm³/mol. The molecule has 0 saturated carbocycles. The van der Waals surface area contributed by atoms with Gasteiger partial charge >= 0.3 is 0 Å². The van der Waals surface area contributed by atoms with Crippen molar-refractivity contribution in [2.75, 3.05) is 19.7 Å². The topological polar surface area (TPSA) is 33.3 Å². The van der Waals surface area contributed by atoms with Crippen molar-refractivity contribution in [1.29, 1.82) is 0 Å². The maximum absolute atomic E-state index is 5.70. The number of hydrogen-bond acceptors (Lipinski definition) is 3. The van der Waals surface area contributed by atoms with Gasteiger partial charge in [0.15, 0.2) is 0 Å². The molecule has 0 aliphatic carbocycles. The minimum absolute atomic E-state index is 0.180. The monoisotopic (exact) mass is 262 g/mol. The van der Waals surface area contributed by atoms with Crippen LogP contribution in [0, 0.1) is 0 Å². The molecule has 0 spiro atoms. The van der Waals surface area contributed by atoms with Crippen molar-refractivity contribution in [2.24, 2.45) is 0 Å². The van der Waals surface area contributed by atoms with Gasteiger partial charge in [-0.1, -0.05) is 18.2 Å². The van der Waals surface area contributed by atoms with Gasteiger partial charge in [-0.3, -0.25) is 0 Å². The van der Waals surface area contributed by atoms with E-state index in [0.29, 0.717) is 12.0 Å². The Kier molecular flexibility index (Phi) is 4.48. The van der Waals surface area contributed by atoms with E-state index >= 15 is 0 Å². The van der Waals surface area contributed by atoms with Gasteiger partial charge in [0.25, 0.3) is 0 Å². The third-order valence-electron chi connectivity index (χ3n) is 3.45. The van der Waals surface area contributed by atoms with Gasteiger partial charge in [0.2, 0.25) is 0 Å². The van der Waals surface area contributed by atoms with Crippen molar-refractivity contribution >= 4 is 0 Å². The Morgan fingerprint density at radius 1 is 1.32 bits per heavy atom. The molecule has 0 amide bonds. The Bertz CT molecular complexity index is 411. The molecule has 1 aromatic rings. The fourth-order valence-corrected chi connectivity index (χ4v) is 2.27. The second-order valence-corrected chi connectivity index (χ2v) is 6.49. The Balaban J connectivity index is 1.78. The maximum atomic E-state index is 5.70. The highest BCUT2D eigenvalue weighted by Gasteiger charge is 2.23. The quantitative estimate of drug-likeness (QED) is 0.855. The summed E-state index contributed by atoms with van der Waals surface area (Å²) in [5, 5.41) is 7.12. The zero-order valence-electron chi connectivity index (χ0n) is 12.5. The number of ether oxygens (including phenoxy) is 1. The molecule has 0 radical (unpaired) electrons. The fourth-order valence-electron chi connectivity index (χ4n) is 2.27. The van der Waals surface area contributed by atoms with Crippen molar-refractivity contribution in [3.05, 3.63) is 29.8 Å². The van der Waals surface area contributed by atoms with Gasteiger partial charge in [0.1, 0.15) is 5.75 Å². The van der Waals surface area contributed by atoms with Crippen LogP contribution in [-0.2, 0) is 0 Å². The minimum Gasteiger partial charge on any atom is -0.493 e. The highest BCUT2D eigenvalue weighted by Crippen LogP contribution is 2.32. The third-order valence-corrected chi connectivity index (χ3v) is 3.45. The standard InChI is InChI=1S/C16H26N2O/c1-12(9-18-16(2,3)4)17-10-13-11-19-15-8-6-5-7-14(13)15/h5-8,12-13,17-18H,9-11H2,1-4H3. The van der Waals surface area contributed by atoms with Crippen LogP contribution >= 0.6 is 0 Å². The average Bonchev–Trinajstić information content (AvgIpc) is 2.76. The van der Waals surface area contributed by atoms with E-state index in [2.05, 4.69) is 56.5 Å². The van der Waals surface area contributed by atoms with Gasteiger partial charge < -0.3 is 15.4 Å². The van der Waals surface area contributed by atoms with Crippen LogP contribution in [0.5, 0.6) is 5.75 Å². The molecule has 2 atom stereocenters. The first-order valence-corrected chi connectivity index (χ1v) is 7.16. The molecule has 2 unspecified atom stereocenters. The summed E-state index contributed by atoms with van der Waals surface area (Å²) in [6.07, 6.45) is 0. The molecular weight excluding hydrogens is 236 g/mol. The lowest BCUT2D eigenvalue weighted by Crippen LogP contribution is -2.45. The van der Waals surface area contributed by atoms with Crippen molar-refractivity contribution < 1.29 is 4.74 Å². The largest absolute Gasteiger partial charge is 0.493 e. The number of nitrogens with one attached hydrogen (secondary N) is 2. The average molecular weight is 262 g/mol. The smallest absolute Gasteiger partial charge is 0.122 e. The van der Waals surface area contributed by atoms with Gasteiger partial charge in [-0.05, 0) is 33.8 Å². The van der Waals surface area contributed by atoms with Crippen LogP contribution in [0.4, 0.5) is 0 Å². The summed E-state index contributed by atoms with van der Waals surface area (Å²) in [7, 11) is 0. The summed E-state index contributed by atoms with van der Waals surface area (Å²) >= 11 is 0. The first-order valence-electron chi connectivity index (χ1n) is 7.16.